The molecule has 1 rings (SSSR count). The molecule has 8 heteroatoms. The summed E-state index contributed by atoms with van der Waals surface area (Å²) in [6, 6.07) is 3.76. The number of carbonyl (C=O) groups excluding carboxylic acids is 1. The van der Waals surface area contributed by atoms with Crippen molar-refractivity contribution in [1.82, 2.24) is 16.2 Å². The molecular formula is C12H15ClFN3O2S. The van der Waals surface area contributed by atoms with Crippen molar-refractivity contribution in [1.29, 1.82) is 0 Å². The predicted molar refractivity (Wildman–Crippen MR) is 79.1 cm³/mol. The zero-order valence-corrected chi connectivity index (χ0v) is 12.6. The quantitative estimate of drug-likeness (QED) is 0.581. The van der Waals surface area contributed by atoms with Crippen LogP contribution >= 0.6 is 23.8 Å². The molecule has 1 aromatic rings. The number of ether oxygens (including phenoxy) is 1. The Morgan fingerprint density at radius 2 is 2.20 bits per heavy atom. The number of benzene rings is 1. The molecule has 1 aromatic carbocycles. The zero-order valence-electron chi connectivity index (χ0n) is 11.0. The van der Waals surface area contributed by atoms with E-state index in [1.54, 1.807) is 7.11 Å². The van der Waals surface area contributed by atoms with Gasteiger partial charge in [-0.15, -0.1) is 0 Å². The van der Waals surface area contributed by atoms with E-state index in [0.717, 1.165) is 6.07 Å². The van der Waals surface area contributed by atoms with E-state index in [0.29, 0.717) is 6.61 Å². The van der Waals surface area contributed by atoms with E-state index in [2.05, 4.69) is 16.2 Å². The SMILES string of the molecule is COC[C@H](C)NC(=S)NNC(=O)c1ccc(Cl)cc1F. The van der Waals surface area contributed by atoms with E-state index in [1.165, 1.54) is 12.1 Å². The number of rotatable bonds is 4. The molecule has 0 saturated carbocycles. The summed E-state index contributed by atoms with van der Waals surface area (Å²) in [5.41, 5.74) is 4.64. The summed E-state index contributed by atoms with van der Waals surface area (Å²) in [4.78, 5) is 11.7. The molecule has 0 bridgehead atoms. The molecule has 3 N–H and O–H groups in total. The van der Waals surface area contributed by atoms with Gasteiger partial charge in [-0.05, 0) is 37.3 Å². The fourth-order valence-corrected chi connectivity index (χ4v) is 1.82. The maximum atomic E-state index is 13.5. The molecule has 0 aliphatic carbocycles. The van der Waals surface area contributed by atoms with Gasteiger partial charge in [0.25, 0.3) is 5.91 Å². The maximum Gasteiger partial charge on any atom is 0.272 e. The van der Waals surface area contributed by atoms with Gasteiger partial charge in [0.1, 0.15) is 5.82 Å². The third kappa shape index (κ3) is 5.28. The fraction of sp³-hybridized carbons (Fsp3) is 0.333. The number of thiocarbonyl (C=S) groups is 1. The van der Waals surface area contributed by atoms with E-state index in [4.69, 9.17) is 28.6 Å². The van der Waals surface area contributed by atoms with Gasteiger partial charge in [-0.3, -0.25) is 15.6 Å². The molecule has 0 aliphatic heterocycles. The molecule has 0 fully saturated rings. The lowest BCUT2D eigenvalue weighted by Crippen LogP contribution is -2.50. The van der Waals surface area contributed by atoms with Crippen LogP contribution in [0.1, 0.15) is 17.3 Å². The Morgan fingerprint density at radius 1 is 1.50 bits per heavy atom. The summed E-state index contributed by atoms with van der Waals surface area (Å²) in [6.07, 6.45) is 0. The number of halogens is 2. The molecule has 1 amide bonds. The highest BCUT2D eigenvalue weighted by molar-refractivity contribution is 7.80. The van der Waals surface area contributed by atoms with Crippen LogP contribution in [0.25, 0.3) is 0 Å². The molecule has 0 radical (unpaired) electrons. The summed E-state index contributed by atoms with van der Waals surface area (Å²) < 4.78 is 18.4. The molecule has 110 valence electrons. The first-order chi connectivity index (χ1) is 9.43. The molecule has 0 heterocycles. The zero-order chi connectivity index (χ0) is 15.1. The summed E-state index contributed by atoms with van der Waals surface area (Å²) >= 11 is 10.6. The van der Waals surface area contributed by atoms with Gasteiger partial charge in [-0.1, -0.05) is 11.6 Å². The van der Waals surface area contributed by atoms with Gasteiger partial charge in [-0.25, -0.2) is 4.39 Å². The molecule has 20 heavy (non-hydrogen) atoms. The summed E-state index contributed by atoms with van der Waals surface area (Å²) in [6.45, 7) is 2.32. The van der Waals surface area contributed by atoms with Gasteiger partial charge in [0.15, 0.2) is 5.11 Å². The maximum absolute atomic E-state index is 13.5. The van der Waals surface area contributed by atoms with E-state index in [-0.39, 0.29) is 21.7 Å². The lowest BCUT2D eigenvalue weighted by molar-refractivity contribution is 0.0939. The second kappa shape index (κ2) is 7.98. The number of hydrogen-bond donors (Lipinski definition) is 3. The minimum atomic E-state index is -0.705. The van der Waals surface area contributed by atoms with Crippen molar-refractivity contribution in [2.45, 2.75) is 13.0 Å². The van der Waals surface area contributed by atoms with Crippen LogP contribution in [0.2, 0.25) is 5.02 Å². The molecule has 0 saturated heterocycles. The largest absolute Gasteiger partial charge is 0.383 e. The van der Waals surface area contributed by atoms with E-state index in [9.17, 15) is 9.18 Å². The third-order valence-corrected chi connectivity index (χ3v) is 2.71. The monoisotopic (exact) mass is 319 g/mol. The van der Waals surface area contributed by atoms with Crippen LogP contribution in [-0.2, 0) is 4.74 Å². The lowest BCUT2D eigenvalue weighted by atomic mass is 10.2. The molecule has 0 aliphatic rings. The van der Waals surface area contributed by atoms with E-state index < -0.39 is 11.7 Å². The second-order valence-electron chi connectivity index (χ2n) is 4.03. The standard InChI is InChI=1S/C12H15ClFN3O2S/c1-7(6-19-2)15-12(20)17-16-11(18)9-4-3-8(13)5-10(9)14/h3-5,7H,6H2,1-2H3,(H,16,18)(H2,15,17,20)/t7-/m0/s1. The van der Waals surface area contributed by atoms with Crippen LogP contribution in [0.15, 0.2) is 18.2 Å². The molecule has 5 nitrogen and oxygen atoms in total. The second-order valence-corrected chi connectivity index (χ2v) is 4.88. The summed E-state index contributed by atoms with van der Waals surface area (Å²) in [7, 11) is 1.57. The van der Waals surface area contributed by atoms with Gasteiger partial charge in [0.05, 0.1) is 12.2 Å². The average molecular weight is 320 g/mol. The number of amides is 1. The van der Waals surface area contributed by atoms with Crippen molar-refractivity contribution < 1.29 is 13.9 Å². The first-order valence-electron chi connectivity index (χ1n) is 5.75. The van der Waals surface area contributed by atoms with E-state index >= 15 is 0 Å². The Hall–Kier alpha value is -1.44. The van der Waals surface area contributed by atoms with Gasteiger partial charge in [0.2, 0.25) is 0 Å². The summed E-state index contributed by atoms with van der Waals surface area (Å²) in [5.74, 6) is -1.36. The van der Waals surface area contributed by atoms with E-state index in [1.807, 2.05) is 6.92 Å². The Kier molecular flexibility index (Phi) is 6.63. The first kappa shape index (κ1) is 16.6. The predicted octanol–water partition coefficient (Wildman–Crippen LogP) is 1.62. The minimum Gasteiger partial charge on any atom is -0.383 e. The smallest absolute Gasteiger partial charge is 0.272 e. The van der Waals surface area contributed by atoms with Gasteiger partial charge in [-0.2, -0.15) is 0 Å². The van der Waals surface area contributed by atoms with Crippen LogP contribution < -0.4 is 16.2 Å². The lowest BCUT2D eigenvalue weighted by Gasteiger charge is -2.16. The highest BCUT2D eigenvalue weighted by Crippen LogP contribution is 2.14. The van der Waals surface area contributed by atoms with Crippen LogP contribution in [0, 0.1) is 5.82 Å². The van der Waals surface area contributed by atoms with Crippen molar-refractivity contribution in [3.8, 4) is 0 Å². The van der Waals surface area contributed by atoms with Crippen LogP contribution in [0.5, 0.6) is 0 Å². The van der Waals surface area contributed by atoms with Gasteiger partial charge in [0, 0.05) is 18.2 Å². The number of hydrazine groups is 1. The highest BCUT2D eigenvalue weighted by Gasteiger charge is 2.12. The highest BCUT2D eigenvalue weighted by atomic mass is 35.5. The number of hydrogen-bond acceptors (Lipinski definition) is 3. The number of carbonyl (C=O) groups is 1. The van der Waals surface area contributed by atoms with Crippen LogP contribution in [0.3, 0.4) is 0 Å². The Balaban J connectivity index is 2.49. The molecular weight excluding hydrogens is 305 g/mol. The van der Waals surface area contributed by atoms with Crippen LogP contribution in [-0.4, -0.2) is 30.8 Å². The normalized spacial score (nSPS) is 11.6. The van der Waals surface area contributed by atoms with Gasteiger partial charge < -0.3 is 10.1 Å². The molecule has 0 spiro atoms. The summed E-state index contributed by atoms with van der Waals surface area (Å²) in [5, 5.41) is 3.30. The van der Waals surface area contributed by atoms with Crippen molar-refractivity contribution in [3.05, 3.63) is 34.6 Å². The van der Waals surface area contributed by atoms with Gasteiger partial charge >= 0.3 is 0 Å². The molecule has 0 unspecified atom stereocenters. The Labute approximate surface area is 126 Å². The fourth-order valence-electron chi connectivity index (χ4n) is 1.41. The van der Waals surface area contributed by atoms with Crippen LogP contribution in [0.4, 0.5) is 4.39 Å². The minimum absolute atomic E-state index is 0.0239. The Bertz CT molecular complexity index is 502. The first-order valence-corrected chi connectivity index (χ1v) is 6.53. The average Bonchev–Trinajstić information content (AvgIpc) is 2.36. The van der Waals surface area contributed by atoms with Crippen molar-refractivity contribution >= 4 is 34.8 Å². The van der Waals surface area contributed by atoms with Crippen molar-refractivity contribution in [2.75, 3.05) is 13.7 Å². The Morgan fingerprint density at radius 3 is 2.80 bits per heavy atom. The third-order valence-electron chi connectivity index (χ3n) is 2.26. The topological polar surface area (TPSA) is 62.4 Å². The number of methoxy groups -OCH3 is 1. The van der Waals surface area contributed by atoms with Crippen molar-refractivity contribution in [2.24, 2.45) is 0 Å². The van der Waals surface area contributed by atoms with Crippen molar-refractivity contribution in [3.63, 3.8) is 0 Å². The molecule has 0 aromatic heterocycles. The number of nitrogens with one attached hydrogen (secondary N) is 3. The molecule has 1 atom stereocenters.